The molecule has 28 heavy (non-hydrogen) atoms. The second kappa shape index (κ2) is 7.54. The van der Waals surface area contributed by atoms with Gasteiger partial charge in [-0.2, -0.15) is 0 Å². The van der Waals surface area contributed by atoms with Gasteiger partial charge in [0.1, 0.15) is 17.5 Å². The third-order valence-corrected chi connectivity index (χ3v) is 6.26. The molecule has 2 atom stereocenters. The molecule has 2 aliphatic heterocycles. The number of unbranched alkanes of at least 4 members (excludes halogenated alkanes) is 1. The number of rotatable bonds is 5. The van der Waals surface area contributed by atoms with Gasteiger partial charge in [0.25, 0.3) is 5.56 Å². The normalized spacial score (nSPS) is 24.6. The lowest BCUT2D eigenvalue weighted by atomic mass is 10.0. The van der Waals surface area contributed by atoms with Gasteiger partial charge in [0.2, 0.25) is 0 Å². The number of aromatic nitrogens is 2. The van der Waals surface area contributed by atoms with E-state index in [1.807, 2.05) is 6.92 Å². The van der Waals surface area contributed by atoms with Crippen molar-refractivity contribution in [1.29, 1.82) is 0 Å². The van der Waals surface area contributed by atoms with Crippen LogP contribution in [0.4, 0.5) is 0 Å². The minimum absolute atomic E-state index is 0.214. The molecule has 2 aliphatic rings. The van der Waals surface area contributed by atoms with Crippen molar-refractivity contribution in [2.24, 2.45) is 0 Å². The Balaban J connectivity index is 1.68. The quantitative estimate of drug-likeness (QED) is 0.797. The van der Waals surface area contributed by atoms with E-state index in [1.165, 1.54) is 4.57 Å². The van der Waals surface area contributed by atoms with Crippen LogP contribution < -0.4 is 5.56 Å². The van der Waals surface area contributed by atoms with Crippen LogP contribution in [0, 0.1) is 0 Å². The van der Waals surface area contributed by atoms with E-state index in [4.69, 9.17) is 4.74 Å². The first-order valence-electron chi connectivity index (χ1n) is 10.1. The van der Waals surface area contributed by atoms with Crippen LogP contribution >= 0.6 is 0 Å². The van der Waals surface area contributed by atoms with Crippen molar-refractivity contribution in [3.05, 3.63) is 34.2 Å². The second-order valence-corrected chi connectivity index (χ2v) is 7.96. The fourth-order valence-electron chi connectivity index (χ4n) is 4.64. The summed E-state index contributed by atoms with van der Waals surface area (Å²) in [5.74, 6) is -1.06. The zero-order valence-electron chi connectivity index (χ0n) is 16.4. The molecule has 0 saturated carbocycles. The maximum atomic E-state index is 13.0. The molecule has 7 heteroatoms. The van der Waals surface area contributed by atoms with Gasteiger partial charge in [-0.3, -0.25) is 9.36 Å². The molecule has 0 aromatic carbocycles. The van der Waals surface area contributed by atoms with Gasteiger partial charge in [0.15, 0.2) is 5.56 Å². The molecule has 2 fully saturated rings. The lowest BCUT2D eigenvalue weighted by Gasteiger charge is -2.35. The first-order valence-corrected chi connectivity index (χ1v) is 10.1. The van der Waals surface area contributed by atoms with E-state index in [0.717, 1.165) is 38.5 Å². The molecular formula is C21H27N3O4. The third kappa shape index (κ3) is 3.17. The molecule has 2 saturated heterocycles. The molecule has 2 aromatic heterocycles. The summed E-state index contributed by atoms with van der Waals surface area (Å²) in [6, 6.07) is 4.20. The van der Waals surface area contributed by atoms with Crippen LogP contribution in [0.25, 0.3) is 11.0 Å². The Kier molecular flexibility index (Phi) is 5.10. The Morgan fingerprint density at radius 2 is 2.04 bits per heavy atom. The van der Waals surface area contributed by atoms with Crippen molar-refractivity contribution in [3.63, 3.8) is 0 Å². The molecular weight excluding hydrogens is 358 g/mol. The van der Waals surface area contributed by atoms with Crippen LogP contribution in [-0.2, 0) is 11.3 Å². The molecule has 4 rings (SSSR count). The van der Waals surface area contributed by atoms with Crippen molar-refractivity contribution in [2.45, 2.75) is 70.2 Å². The van der Waals surface area contributed by atoms with Crippen molar-refractivity contribution in [3.8, 4) is 5.75 Å². The Labute approximate surface area is 163 Å². The molecule has 150 valence electrons. The summed E-state index contributed by atoms with van der Waals surface area (Å²) < 4.78 is 7.20. The molecule has 1 N–H and O–H groups in total. The van der Waals surface area contributed by atoms with E-state index in [0.29, 0.717) is 29.7 Å². The molecule has 0 amide bonds. The topological polar surface area (TPSA) is 84.7 Å². The molecule has 7 nitrogen and oxygen atoms in total. The smallest absolute Gasteiger partial charge is 0.347 e. The molecule has 0 spiro atoms. The van der Waals surface area contributed by atoms with Crippen LogP contribution in [0.2, 0.25) is 0 Å². The number of nitrogens with zero attached hydrogens (tertiary/aromatic N) is 3. The van der Waals surface area contributed by atoms with Gasteiger partial charge >= 0.3 is 5.97 Å². The average Bonchev–Trinajstić information content (AvgIpc) is 2.89. The minimum atomic E-state index is -0.729. The van der Waals surface area contributed by atoms with Gasteiger partial charge in [-0.1, -0.05) is 13.3 Å². The molecule has 0 radical (unpaired) electrons. The molecule has 0 aliphatic carbocycles. The van der Waals surface area contributed by atoms with Gasteiger partial charge in [-0.05, 0) is 38.4 Å². The number of esters is 1. The number of carbonyl (C=O) groups is 1. The van der Waals surface area contributed by atoms with Crippen molar-refractivity contribution >= 4 is 17.0 Å². The van der Waals surface area contributed by atoms with Gasteiger partial charge in [0, 0.05) is 37.7 Å². The lowest BCUT2D eigenvalue weighted by Crippen LogP contribution is -2.43. The van der Waals surface area contributed by atoms with Crippen molar-refractivity contribution < 1.29 is 14.6 Å². The Bertz CT molecular complexity index is 941. The van der Waals surface area contributed by atoms with Gasteiger partial charge in [0.05, 0.1) is 5.39 Å². The standard InChI is InChI=1S/C21H27N3O4/c1-3-4-10-24-19-16(6-5-9-22-19)18(25)17(20(24)26)21(27)28-15-11-13-7-8-14(12-15)23(13)2/h5-6,9,13-15,25H,3-4,7-8,10-12H2,1-2H3. The van der Waals surface area contributed by atoms with Crippen LogP contribution in [-0.4, -0.2) is 50.8 Å². The highest BCUT2D eigenvalue weighted by Gasteiger charge is 2.40. The van der Waals surface area contributed by atoms with Gasteiger partial charge < -0.3 is 14.7 Å². The zero-order valence-corrected chi connectivity index (χ0v) is 16.4. The van der Waals surface area contributed by atoms with E-state index in [1.54, 1.807) is 18.3 Å². The second-order valence-electron chi connectivity index (χ2n) is 7.96. The van der Waals surface area contributed by atoms with Gasteiger partial charge in [-0.15, -0.1) is 0 Å². The third-order valence-electron chi connectivity index (χ3n) is 6.26. The van der Waals surface area contributed by atoms with Crippen LogP contribution in [0.3, 0.4) is 0 Å². The predicted molar refractivity (Wildman–Crippen MR) is 106 cm³/mol. The fraction of sp³-hybridized carbons (Fsp3) is 0.571. The highest BCUT2D eigenvalue weighted by molar-refractivity contribution is 5.98. The molecule has 2 bridgehead atoms. The Morgan fingerprint density at radius 3 is 2.71 bits per heavy atom. The number of fused-ring (bicyclic) bond motifs is 3. The molecule has 2 aromatic rings. The average molecular weight is 385 g/mol. The Hall–Kier alpha value is -2.41. The number of aryl methyl sites for hydroxylation is 1. The van der Waals surface area contributed by atoms with Gasteiger partial charge in [-0.25, -0.2) is 9.78 Å². The number of hydrogen-bond donors (Lipinski definition) is 1. The number of piperidine rings is 1. The van der Waals surface area contributed by atoms with Crippen LogP contribution in [0.5, 0.6) is 5.75 Å². The highest BCUT2D eigenvalue weighted by atomic mass is 16.5. The van der Waals surface area contributed by atoms with Crippen molar-refractivity contribution in [1.82, 2.24) is 14.5 Å². The summed E-state index contributed by atoms with van der Waals surface area (Å²) in [6.07, 6.45) is 6.84. The van der Waals surface area contributed by atoms with Crippen molar-refractivity contribution in [2.75, 3.05) is 7.05 Å². The predicted octanol–water partition coefficient (Wildman–Crippen LogP) is 2.68. The molecule has 2 unspecified atom stereocenters. The zero-order chi connectivity index (χ0) is 19.8. The minimum Gasteiger partial charge on any atom is -0.506 e. The van der Waals surface area contributed by atoms with E-state index in [-0.39, 0.29) is 17.4 Å². The van der Waals surface area contributed by atoms with E-state index < -0.39 is 11.5 Å². The lowest BCUT2D eigenvalue weighted by molar-refractivity contribution is -0.000860. The number of hydrogen-bond acceptors (Lipinski definition) is 6. The number of pyridine rings is 2. The Morgan fingerprint density at radius 1 is 1.32 bits per heavy atom. The number of carbonyl (C=O) groups excluding carboxylic acids is 1. The largest absolute Gasteiger partial charge is 0.506 e. The van der Waals surface area contributed by atoms with E-state index in [9.17, 15) is 14.7 Å². The fourth-order valence-corrected chi connectivity index (χ4v) is 4.64. The first kappa shape index (κ1) is 18.9. The summed E-state index contributed by atoms with van der Waals surface area (Å²) >= 11 is 0. The summed E-state index contributed by atoms with van der Waals surface area (Å²) in [6.45, 7) is 2.48. The van der Waals surface area contributed by atoms with E-state index in [2.05, 4.69) is 16.9 Å². The summed E-state index contributed by atoms with van der Waals surface area (Å²) in [5.41, 5.74) is -0.409. The maximum absolute atomic E-state index is 13.0. The van der Waals surface area contributed by atoms with E-state index >= 15 is 0 Å². The summed E-state index contributed by atoms with van der Waals surface area (Å²) in [5, 5.41) is 11.1. The SMILES string of the molecule is CCCCn1c(=O)c(C(=O)OC2CC3CCC(C2)N3C)c(O)c2cccnc21. The van der Waals surface area contributed by atoms with Crippen LogP contribution in [0.1, 0.15) is 55.8 Å². The molecule has 4 heterocycles. The highest BCUT2D eigenvalue weighted by Crippen LogP contribution is 2.36. The first-order chi connectivity index (χ1) is 13.5. The maximum Gasteiger partial charge on any atom is 0.347 e. The summed E-state index contributed by atoms with van der Waals surface area (Å²) in [7, 11) is 2.12. The summed E-state index contributed by atoms with van der Waals surface area (Å²) in [4.78, 5) is 32.6. The number of aromatic hydroxyl groups is 1. The monoisotopic (exact) mass is 385 g/mol. The van der Waals surface area contributed by atoms with Crippen LogP contribution in [0.15, 0.2) is 23.1 Å². The number of ether oxygens (including phenoxy) is 1.